The SMILES string of the molecule is Cc1cc2c3c(c1)-n1c4c(c5cccc(c51)B3c1ccc(C(C)(C)C)cc1N2c1ccc(C(C)(C)C)cc1-c1ccccc1)-c1ccccc1C4(C)C. The maximum atomic E-state index is 2.68. The lowest BCUT2D eigenvalue weighted by atomic mass is 9.33. The van der Waals surface area contributed by atoms with Crippen LogP contribution in [0, 0.1) is 6.92 Å². The highest BCUT2D eigenvalue weighted by atomic mass is 15.2. The minimum Gasteiger partial charge on any atom is -0.313 e. The summed E-state index contributed by atoms with van der Waals surface area (Å²) in [5.41, 5.74) is 22.6. The predicted octanol–water partition coefficient (Wildman–Crippen LogP) is 11.1. The number of hydrogen-bond acceptors (Lipinski definition) is 1. The molecule has 7 aromatic rings. The summed E-state index contributed by atoms with van der Waals surface area (Å²) >= 11 is 0. The number of rotatable bonds is 2. The molecule has 0 saturated carbocycles. The Balaban J connectivity index is 1.35. The minimum absolute atomic E-state index is 0.00183. The largest absolute Gasteiger partial charge is 0.313 e. The van der Waals surface area contributed by atoms with Gasteiger partial charge in [0, 0.05) is 50.2 Å². The normalized spacial score (nSPS) is 15.0. The number of aromatic nitrogens is 1. The predicted molar refractivity (Wildman–Crippen MR) is 228 cm³/mol. The van der Waals surface area contributed by atoms with Crippen molar-refractivity contribution in [3.8, 4) is 27.9 Å². The molecule has 1 aromatic heterocycles. The highest BCUT2D eigenvalue weighted by molar-refractivity contribution is 7.00. The lowest BCUT2D eigenvalue weighted by Gasteiger charge is -2.42. The molecule has 3 heteroatoms. The van der Waals surface area contributed by atoms with Gasteiger partial charge in [0.1, 0.15) is 0 Å². The minimum atomic E-state index is -0.150. The number of anilines is 3. The van der Waals surface area contributed by atoms with E-state index in [0.717, 1.165) is 0 Å². The van der Waals surface area contributed by atoms with Gasteiger partial charge in [-0.1, -0.05) is 146 Å². The molecular weight excluding hydrogens is 639 g/mol. The fourth-order valence-electron chi connectivity index (χ4n) is 9.86. The summed E-state index contributed by atoms with van der Waals surface area (Å²) < 4.78 is 2.68. The first-order valence-corrected chi connectivity index (χ1v) is 19.3. The van der Waals surface area contributed by atoms with E-state index in [1.54, 1.807) is 0 Å². The molecule has 53 heavy (non-hydrogen) atoms. The van der Waals surface area contributed by atoms with Crippen LogP contribution in [0.25, 0.3) is 38.8 Å². The summed E-state index contributed by atoms with van der Waals surface area (Å²) in [5.74, 6) is 0. The monoisotopic (exact) mass is 686 g/mol. The van der Waals surface area contributed by atoms with Gasteiger partial charge in [0.05, 0.1) is 5.69 Å². The Hall–Kier alpha value is -5.28. The second kappa shape index (κ2) is 10.7. The number of aryl methyl sites for hydroxylation is 1. The van der Waals surface area contributed by atoms with Crippen molar-refractivity contribution in [2.24, 2.45) is 0 Å². The van der Waals surface area contributed by atoms with Crippen LogP contribution in [0.5, 0.6) is 0 Å². The molecule has 0 spiro atoms. The molecule has 0 fully saturated rings. The van der Waals surface area contributed by atoms with Crippen molar-refractivity contribution in [3.05, 3.63) is 149 Å². The van der Waals surface area contributed by atoms with Crippen molar-refractivity contribution in [2.45, 2.75) is 78.6 Å². The molecule has 1 aliphatic carbocycles. The summed E-state index contributed by atoms with van der Waals surface area (Å²) in [7, 11) is 0. The standard InChI is InChI=1S/C50H47BN2/c1-30-26-42-45-43(27-30)53-46-35(44-34-18-13-14-20-37(34)50(8,9)47(44)53)19-15-21-39(46)51(45)38-24-22-33(49(5,6)7)29-41(38)52(42)40-25-23-32(48(2,3)4)28-36(40)31-16-11-10-12-17-31/h10-29H,1-9H3. The first kappa shape index (κ1) is 32.4. The maximum Gasteiger partial charge on any atom is 0.252 e. The second-order valence-electron chi connectivity index (χ2n) is 18.3. The molecule has 0 unspecified atom stereocenters. The van der Waals surface area contributed by atoms with Gasteiger partial charge < -0.3 is 9.47 Å². The molecular formula is C50H47BN2. The number of para-hydroxylation sites is 1. The average molecular weight is 687 g/mol. The van der Waals surface area contributed by atoms with Crippen molar-refractivity contribution in [1.29, 1.82) is 0 Å². The van der Waals surface area contributed by atoms with Crippen LogP contribution in [-0.2, 0) is 16.2 Å². The van der Waals surface area contributed by atoms with Crippen LogP contribution in [0.3, 0.4) is 0 Å². The Bertz CT molecular complexity index is 2680. The molecule has 0 amide bonds. The third-order valence-electron chi connectivity index (χ3n) is 12.5. The van der Waals surface area contributed by atoms with Crippen LogP contribution >= 0.6 is 0 Å². The van der Waals surface area contributed by atoms with E-state index in [0.29, 0.717) is 0 Å². The van der Waals surface area contributed by atoms with Gasteiger partial charge in [-0.15, -0.1) is 0 Å². The molecule has 10 rings (SSSR count). The molecule has 2 aliphatic heterocycles. The molecule has 0 bridgehead atoms. The Morgan fingerprint density at radius 1 is 0.566 bits per heavy atom. The van der Waals surface area contributed by atoms with E-state index >= 15 is 0 Å². The van der Waals surface area contributed by atoms with Gasteiger partial charge in [0.15, 0.2) is 0 Å². The van der Waals surface area contributed by atoms with Crippen molar-refractivity contribution >= 4 is 51.1 Å². The fraction of sp³-hybridized carbons (Fsp3) is 0.240. The third-order valence-corrected chi connectivity index (χ3v) is 12.5. The Kier molecular flexibility index (Phi) is 6.51. The second-order valence-corrected chi connectivity index (χ2v) is 18.3. The summed E-state index contributed by atoms with van der Waals surface area (Å²) in [4.78, 5) is 2.62. The summed E-state index contributed by atoms with van der Waals surface area (Å²) in [6.45, 7) is 21.2. The first-order chi connectivity index (χ1) is 25.2. The van der Waals surface area contributed by atoms with Gasteiger partial charge in [-0.3, -0.25) is 0 Å². The van der Waals surface area contributed by atoms with E-state index in [-0.39, 0.29) is 23.0 Å². The molecule has 0 atom stereocenters. The summed E-state index contributed by atoms with van der Waals surface area (Å²) in [5, 5.41) is 1.36. The van der Waals surface area contributed by atoms with Crippen LogP contribution < -0.4 is 21.3 Å². The zero-order valence-electron chi connectivity index (χ0n) is 32.5. The molecule has 0 saturated heterocycles. The van der Waals surface area contributed by atoms with Gasteiger partial charge in [-0.2, -0.15) is 0 Å². The van der Waals surface area contributed by atoms with Gasteiger partial charge in [-0.25, -0.2) is 0 Å². The molecule has 3 heterocycles. The summed E-state index contributed by atoms with van der Waals surface area (Å²) in [6, 6.07) is 46.7. The molecule has 3 aliphatic rings. The number of benzene rings is 6. The van der Waals surface area contributed by atoms with Crippen LogP contribution in [-0.4, -0.2) is 11.3 Å². The molecule has 0 radical (unpaired) electrons. The van der Waals surface area contributed by atoms with E-state index in [1.165, 1.54) is 100 Å². The molecule has 0 N–H and O–H groups in total. The van der Waals surface area contributed by atoms with Gasteiger partial charge in [0.25, 0.3) is 6.71 Å². The zero-order chi connectivity index (χ0) is 36.8. The van der Waals surface area contributed by atoms with Crippen molar-refractivity contribution in [1.82, 2.24) is 4.57 Å². The Morgan fingerprint density at radius 2 is 1.25 bits per heavy atom. The Morgan fingerprint density at radius 3 is 2.00 bits per heavy atom. The van der Waals surface area contributed by atoms with Crippen molar-refractivity contribution < 1.29 is 0 Å². The maximum absolute atomic E-state index is 2.68. The van der Waals surface area contributed by atoms with Crippen LogP contribution in [0.1, 0.15) is 83.3 Å². The summed E-state index contributed by atoms with van der Waals surface area (Å²) in [6.07, 6.45) is 0. The number of hydrogen-bond donors (Lipinski definition) is 0. The molecule has 6 aromatic carbocycles. The van der Waals surface area contributed by atoms with E-state index in [1.807, 2.05) is 0 Å². The first-order valence-electron chi connectivity index (χ1n) is 19.3. The van der Waals surface area contributed by atoms with Gasteiger partial charge in [-0.05, 0) is 97.9 Å². The zero-order valence-corrected chi connectivity index (χ0v) is 32.5. The van der Waals surface area contributed by atoms with Crippen molar-refractivity contribution in [3.63, 3.8) is 0 Å². The fourth-order valence-corrected chi connectivity index (χ4v) is 9.86. The lowest BCUT2D eigenvalue weighted by molar-refractivity contribution is 0.590. The molecule has 260 valence electrons. The van der Waals surface area contributed by atoms with Gasteiger partial charge >= 0.3 is 0 Å². The van der Waals surface area contributed by atoms with Crippen LogP contribution in [0.15, 0.2) is 121 Å². The average Bonchev–Trinajstić information content (AvgIpc) is 3.60. The highest BCUT2D eigenvalue weighted by Gasteiger charge is 2.47. The lowest BCUT2D eigenvalue weighted by Crippen LogP contribution is -2.60. The number of fused-ring (bicyclic) bond motifs is 9. The number of nitrogens with zero attached hydrogens (tertiary/aromatic N) is 2. The van der Waals surface area contributed by atoms with Crippen molar-refractivity contribution in [2.75, 3.05) is 4.90 Å². The molecule has 2 nitrogen and oxygen atoms in total. The van der Waals surface area contributed by atoms with E-state index in [2.05, 4.69) is 193 Å². The topological polar surface area (TPSA) is 8.17 Å². The van der Waals surface area contributed by atoms with E-state index in [9.17, 15) is 0 Å². The van der Waals surface area contributed by atoms with Crippen LogP contribution in [0.4, 0.5) is 17.1 Å². The Labute approximate surface area is 315 Å². The van der Waals surface area contributed by atoms with E-state index < -0.39 is 0 Å². The quantitative estimate of drug-likeness (QED) is 0.164. The smallest absolute Gasteiger partial charge is 0.252 e. The van der Waals surface area contributed by atoms with Crippen LogP contribution in [0.2, 0.25) is 0 Å². The highest BCUT2D eigenvalue weighted by Crippen LogP contribution is 2.55. The van der Waals surface area contributed by atoms with Gasteiger partial charge in [0.2, 0.25) is 0 Å². The van der Waals surface area contributed by atoms with E-state index in [4.69, 9.17) is 0 Å². The third kappa shape index (κ3) is 4.40.